The van der Waals surface area contributed by atoms with Crippen LogP contribution in [0, 0.1) is 5.92 Å². The summed E-state index contributed by atoms with van der Waals surface area (Å²) in [4.78, 5) is 19.1. The molecule has 1 aliphatic heterocycles. The number of guanidine groups is 1. The Morgan fingerprint density at radius 3 is 2.37 bits per heavy atom. The van der Waals surface area contributed by atoms with E-state index in [2.05, 4.69) is 10.2 Å². The fraction of sp³-hybridized carbons (Fsp3) is 0.619. The zero-order chi connectivity index (χ0) is 21.2. The minimum atomic E-state index is -0.133. The summed E-state index contributed by atoms with van der Waals surface area (Å²) in [6, 6.07) is 3.63. The Balaban J connectivity index is 0.00000450. The summed E-state index contributed by atoms with van der Waals surface area (Å²) in [7, 11) is 4.83. The SMILES string of the molecule is CCNC(=NCc1c(OC)cc(OC)cc1OC)N1CCCC(C(=O)OCC)C1.I. The molecule has 30 heavy (non-hydrogen) atoms. The summed E-state index contributed by atoms with van der Waals surface area (Å²) >= 11 is 0. The summed E-state index contributed by atoms with van der Waals surface area (Å²) in [5.74, 6) is 2.48. The zero-order valence-electron chi connectivity index (χ0n) is 18.5. The molecule has 1 N–H and O–H groups in total. The van der Waals surface area contributed by atoms with Gasteiger partial charge in [-0.05, 0) is 26.7 Å². The maximum absolute atomic E-state index is 12.2. The number of halogens is 1. The van der Waals surface area contributed by atoms with Gasteiger partial charge in [0.1, 0.15) is 17.2 Å². The Bertz CT molecular complexity index is 689. The number of aliphatic imine (C=N–C) groups is 1. The highest BCUT2D eigenvalue weighted by molar-refractivity contribution is 14.0. The van der Waals surface area contributed by atoms with E-state index in [1.165, 1.54) is 0 Å². The van der Waals surface area contributed by atoms with E-state index in [1.54, 1.807) is 21.3 Å². The second-order valence-electron chi connectivity index (χ2n) is 6.72. The van der Waals surface area contributed by atoms with Gasteiger partial charge in [0.2, 0.25) is 0 Å². The van der Waals surface area contributed by atoms with E-state index in [0.29, 0.717) is 36.9 Å². The fourth-order valence-electron chi connectivity index (χ4n) is 3.44. The number of rotatable bonds is 8. The number of esters is 1. The van der Waals surface area contributed by atoms with Crippen LogP contribution in [0.3, 0.4) is 0 Å². The summed E-state index contributed by atoms with van der Waals surface area (Å²) in [5.41, 5.74) is 0.838. The first-order chi connectivity index (χ1) is 14.1. The minimum Gasteiger partial charge on any atom is -0.496 e. The van der Waals surface area contributed by atoms with Crippen molar-refractivity contribution in [2.45, 2.75) is 33.2 Å². The molecule has 1 fully saturated rings. The van der Waals surface area contributed by atoms with E-state index in [9.17, 15) is 4.79 Å². The lowest BCUT2D eigenvalue weighted by Gasteiger charge is -2.34. The van der Waals surface area contributed by atoms with Crippen LogP contribution in [0.2, 0.25) is 0 Å². The molecule has 1 unspecified atom stereocenters. The third-order valence-electron chi connectivity index (χ3n) is 4.88. The first kappa shape index (κ1) is 26.1. The van der Waals surface area contributed by atoms with Gasteiger partial charge in [-0.15, -0.1) is 24.0 Å². The van der Waals surface area contributed by atoms with Crippen LogP contribution in [0.1, 0.15) is 32.3 Å². The first-order valence-corrected chi connectivity index (χ1v) is 10.1. The van der Waals surface area contributed by atoms with Gasteiger partial charge >= 0.3 is 5.97 Å². The molecule has 0 bridgehead atoms. The molecule has 1 atom stereocenters. The number of carbonyl (C=O) groups excluding carboxylic acids is 1. The molecule has 0 aliphatic carbocycles. The standard InChI is InChI=1S/C21H33N3O5.HI/c1-6-22-21(24-10-8-9-15(14-24)20(25)29-7-2)23-13-17-18(27-4)11-16(26-3)12-19(17)28-5;/h11-12,15H,6-10,13-14H2,1-5H3,(H,22,23);1H. The quantitative estimate of drug-likeness (QED) is 0.237. The Hall–Kier alpha value is -1.91. The lowest BCUT2D eigenvalue weighted by atomic mass is 9.98. The van der Waals surface area contributed by atoms with Crippen LogP contribution in [0.5, 0.6) is 17.2 Å². The van der Waals surface area contributed by atoms with Crippen molar-refractivity contribution in [2.24, 2.45) is 10.9 Å². The molecular formula is C21H34IN3O5. The summed E-state index contributed by atoms with van der Waals surface area (Å²) in [6.45, 7) is 6.81. The molecule has 1 heterocycles. The van der Waals surface area contributed by atoms with Crippen LogP contribution in [0.15, 0.2) is 17.1 Å². The fourth-order valence-corrected chi connectivity index (χ4v) is 3.44. The van der Waals surface area contributed by atoms with Crippen molar-refractivity contribution in [3.63, 3.8) is 0 Å². The smallest absolute Gasteiger partial charge is 0.310 e. The van der Waals surface area contributed by atoms with Crippen molar-refractivity contribution in [3.05, 3.63) is 17.7 Å². The van der Waals surface area contributed by atoms with Crippen LogP contribution in [-0.2, 0) is 16.1 Å². The number of nitrogens with one attached hydrogen (secondary N) is 1. The second-order valence-corrected chi connectivity index (χ2v) is 6.72. The number of carbonyl (C=O) groups is 1. The molecule has 1 aromatic carbocycles. The largest absolute Gasteiger partial charge is 0.496 e. The number of hydrogen-bond donors (Lipinski definition) is 1. The van der Waals surface area contributed by atoms with E-state index in [1.807, 2.05) is 26.0 Å². The molecule has 170 valence electrons. The number of hydrogen-bond acceptors (Lipinski definition) is 6. The van der Waals surface area contributed by atoms with E-state index in [0.717, 1.165) is 37.5 Å². The van der Waals surface area contributed by atoms with Crippen molar-refractivity contribution >= 4 is 35.9 Å². The van der Waals surface area contributed by atoms with Crippen molar-refractivity contribution in [2.75, 3.05) is 47.6 Å². The topological polar surface area (TPSA) is 81.6 Å². The van der Waals surface area contributed by atoms with E-state index in [-0.39, 0.29) is 35.9 Å². The average Bonchev–Trinajstić information content (AvgIpc) is 2.76. The van der Waals surface area contributed by atoms with Crippen molar-refractivity contribution < 1.29 is 23.7 Å². The molecule has 9 heteroatoms. The van der Waals surface area contributed by atoms with Gasteiger partial charge in [-0.1, -0.05) is 0 Å². The maximum Gasteiger partial charge on any atom is 0.310 e. The van der Waals surface area contributed by atoms with Gasteiger partial charge in [0.15, 0.2) is 5.96 Å². The average molecular weight is 535 g/mol. The number of methoxy groups -OCH3 is 3. The van der Waals surface area contributed by atoms with E-state index in [4.69, 9.17) is 23.9 Å². The van der Waals surface area contributed by atoms with Gasteiger partial charge in [-0.25, -0.2) is 4.99 Å². The monoisotopic (exact) mass is 535 g/mol. The van der Waals surface area contributed by atoms with Crippen LogP contribution in [-0.4, -0.2) is 64.4 Å². The zero-order valence-corrected chi connectivity index (χ0v) is 20.9. The molecule has 0 spiro atoms. The first-order valence-electron chi connectivity index (χ1n) is 10.1. The number of piperidine rings is 1. The Labute approximate surface area is 196 Å². The summed E-state index contributed by atoms with van der Waals surface area (Å²) in [6.07, 6.45) is 1.76. The highest BCUT2D eigenvalue weighted by Crippen LogP contribution is 2.34. The van der Waals surface area contributed by atoms with Gasteiger partial charge in [0, 0.05) is 31.8 Å². The number of ether oxygens (including phenoxy) is 4. The Kier molecular flexibility index (Phi) is 11.7. The summed E-state index contributed by atoms with van der Waals surface area (Å²) < 4.78 is 21.6. The molecule has 0 radical (unpaired) electrons. The molecule has 0 saturated carbocycles. The molecule has 1 saturated heterocycles. The van der Waals surface area contributed by atoms with Crippen LogP contribution < -0.4 is 19.5 Å². The molecule has 1 aliphatic rings. The van der Waals surface area contributed by atoms with E-state index >= 15 is 0 Å². The molecule has 0 amide bonds. The van der Waals surface area contributed by atoms with Crippen LogP contribution in [0.4, 0.5) is 0 Å². The number of likely N-dealkylation sites (tertiary alicyclic amines) is 1. The maximum atomic E-state index is 12.2. The van der Waals surface area contributed by atoms with Crippen LogP contribution in [0.25, 0.3) is 0 Å². The van der Waals surface area contributed by atoms with Crippen molar-refractivity contribution in [3.8, 4) is 17.2 Å². The van der Waals surface area contributed by atoms with Gasteiger partial charge < -0.3 is 29.2 Å². The highest BCUT2D eigenvalue weighted by atomic mass is 127. The van der Waals surface area contributed by atoms with Crippen LogP contribution >= 0.6 is 24.0 Å². The van der Waals surface area contributed by atoms with Gasteiger partial charge in [-0.3, -0.25) is 4.79 Å². The third kappa shape index (κ3) is 6.82. The second kappa shape index (κ2) is 13.4. The highest BCUT2D eigenvalue weighted by Gasteiger charge is 2.28. The van der Waals surface area contributed by atoms with Crippen molar-refractivity contribution in [1.29, 1.82) is 0 Å². The Morgan fingerprint density at radius 1 is 1.17 bits per heavy atom. The Morgan fingerprint density at radius 2 is 1.83 bits per heavy atom. The summed E-state index contributed by atoms with van der Waals surface area (Å²) in [5, 5.41) is 3.33. The molecular weight excluding hydrogens is 501 g/mol. The normalized spacial score (nSPS) is 16.4. The third-order valence-corrected chi connectivity index (χ3v) is 4.88. The molecule has 2 rings (SSSR count). The van der Waals surface area contributed by atoms with Gasteiger partial charge in [0.25, 0.3) is 0 Å². The predicted octanol–water partition coefficient (Wildman–Crippen LogP) is 3.07. The molecule has 8 nitrogen and oxygen atoms in total. The number of nitrogens with zero attached hydrogens (tertiary/aromatic N) is 2. The van der Waals surface area contributed by atoms with Crippen molar-refractivity contribution in [1.82, 2.24) is 10.2 Å². The number of benzene rings is 1. The lowest BCUT2D eigenvalue weighted by molar-refractivity contribution is -0.149. The molecule has 0 aromatic heterocycles. The minimum absolute atomic E-state index is 0. The van der Waals surface area contributed by atoms with E-state index < -0.39 is 0 Å². The molecule has 1 aromatic rings. The van der Waals surface area contributed by atoms with Gasteiger partial charge in [-0.2, -0.15) is 0 Å². The lowest BCUT2D eigenvalue weighted by Crippen LogP contribution is -2.48. The van der Waals surface area contributed by atoms with Gasteiger partial charge in [0.05, 0.1) is 46.0 Å². The predicted molar refractivity (Wildman–Crippen MR) is 127 cm³/mol.